The van der Waals surface area contributed by atoms with Gasteiger partial charge in [0.15, 0.2) is 0 Å². The fourth-order valence-electron chi connectivity index (χ4n) is 2.13. The molecule has 3 nitrogen and oxygen atoms in total. The van der Waals surface area contributed by atoms with E-state index in [2.05, 4.69) is 5.32 Å². The van der Waals surface area contributed by atoms with Gasteiger partial charge in [-0.1, -0.05) is 36.4 Å². The maximum absolute atomic E-state index is 10.3. The minimum atomic E-state index is 0.0705. The van der Waals surface area contributed by atoms with Gasteiger partial charge in [0.2, 0.25) is 0 Å². The molecular formula is C15H19NO2. The summed E-state index contributed by atoms with van der Waals surface area (Å²) in [5, 5.41) is 24.3. The monoisotopic (exact) mass is 245 g/mol. The second-order valence-electron chi connectivity index (χ2n) is 4.48. The predicted octanol–water partition coefficient (Wildman–Crippen LogP) is 2.58. The Kier molecular flexibility index (Phi) is 4.18. The third-order valence-corrected chi connectivity index (χ3v) is 3.18. The molecule has 0 bridgehead atoms. The van der Waals surface area contributed by atoms with E-state index in [0.29, 0.717) is 5.75 Å². The second kappa shape index (κ2) is 5.85. The lowest BCUT2D eigenvalue weighted by atomic mass is 10.0. The molecular weight excluding hydrogens is 226 g/mol. The smallest absolute Gasteiger partial charge is 0.128 e. The molecule has 0 aliphatic carbocycles. The lowest BCUT2D eigenvalue weighted by Gasteiger charge is -2.16. The highest BCUT2D eigenvalue weighted by molar-refractivity contribution is 5.89. The van der Waals surface area contributed by atoms with Crippen LogP contribution in [-0.4, -0.2) is 23.4 Å². The van der Waals surface area contributed by atoms with Crippen LogP contribution in [0.1, 0.15) is 24.9 Å². The van der Waals surface area contributed by atoms with Crippen molar-refractivity contribution in [1.29, 1.82) is 0 Å². The minimum Gasteiger partial charge on any atom is -0.507 e. The van der Waals surface area contributed by atoms with Gasteiger partial charge < -0.3 is 15.5 Å². The predicted molar refractivity (Wildman–Crippen MR) is 73.7 cm³/mol. The van der Waals surface area contributed by atoms with Crippen molar-refractivity contribution in [1.82, 2.24) is 5.32 Å². The SMILES string of the molecule is CC(NCCCO)c1ccc2ccccc2c1O. The Bertz CT molecular complexity index is 525. The Hall–Kier alpha value is -1.58. The van der Waals surface area contributed by atoms with Crippen LogP contribution in [0.5, 0.6) is 5.75 Å². The van der Waals surface area contributed by atoms with Crippen molar-refractivity contribution in [2.24, 2.45) is 0 Å². The fraction of sp³-hybridized carbons (Fsp3) is 0.333. The zero-order chi connectivity index (χ0) is 13.0. The maximum Gasteiger partial charge on any atom is 0.128 e. The van der Waals surface area contributed by atoms with Crippen molar-refractivity contribution in [2.45, 2.75) is 19.4 Å². The van der Waals surface area contributed by atoms with Crippen molar-refractivity contribution in [2.75, 3.05) is 13.2 Å². The zero-order valence-corrected chi connectivity index (χ0v) is 10.6. The molecule has 0 aliphatic rings. The summed E-state index contributed by atoms with van der Waals surface area (Å²) < 4.78 is 0. The van der Waals surface area contributed by atoms with Crippen LogP contribution >= 0.6 is 0 Å². The highest BCUT2D eigenvalue weighted by Gasteiger charge is 2.11. The first-order chi connectivity index (χ1) is 8.74. The summed E-state index contributed by atoms with van der Waals surface area (Å²) in [7, 11) is 0. The number of phenolic OH excluding ortho intramolecular Hbond substituents is 1. The van der Waals surface area contributed by atoms with Crippen LogP contribution in [0.3, 0.4) is 0 Å². The summed E-state index contributed by atoms with van der Waals surface area (Å²) in [6.07, 6.45) is 0.721. The van der Waals surface area contributed by atoms with E-state index >= 15 is 0 Å². The van der Waals surface area contributed by atoms with Gasteiger partial charge in [-0.2, -0.15) is 0 Å². The van der Waals surface area contributed by atoms with Gasteiger partial charge in [0.25, 0.3) is 0 Å². The van der Waals surface area contributed by atoms with Crippen LogP contribution in [-0.2, 0) is 0 Å². The van der Waals surface area contributed by atoms with Crippen LogP contribution in [0, 0.1) is 0 Å². The molecule has 0 fully saturated rings. The molecule has 0 spiro atoms. The van der Waals surface area contributed by atoms with E-state index in [9.17, 15) is 5.11 Å². The number of phenols is 1. The molecule has 0 aromatic heterocycles. The first-order valence-corrected chi connectivity index (χ1v) is 6.29. The van der Waals surface area contributed by atoms with Crippen LogP contribution in [0.25, 0.3) is 10.8 Å². The van der Waals surface area contributed by atoms with E-state index in [0.717, 1.165) is 29.3 Å². The van der Waals surface area contributed by atoms with Gasteiger partial charge in [-0.3, -0.25) is 0 Å². The molecule has 0 radical (unpaired) electrons. The Labute approximate surface area is 107 Å². The summed E-state index contributed by atoms with van der Waals surface area (Å²) in [5.41, 5.74) is 0.895. The number of benzene rings is 2. The van der Waals surface area contributed by atoms with Gasteiger partial charge in [0, 0.05) is 23.6 Å². The van der Waals surface area contributed by atoms with E-state index in [1.807, 2.05) is 43.3 Å². The highest BCUT2D eigenvalue weighted by atomic mass is 16.3. The van der Waals surface area contributed by atoms with Crippen LogP contribution < -0.4 is 5.32 Å². The largest absolute Gasteiger partial charge is 0.507 e. The van der Waals surface area contributed by atoms with Crippen molar-refractivity contribution >= 4 is 10.8 Å². The average Bonchev–Trinajstić information content (AvgIpc) is 2.39. The first kappa shape index (κ1) is 12.9. The number of fused-ring (bicyclic) bond motifs is 1. The van der Waals surface area contributed by atoms with Crippen molar-refractivity contribution < 1.29 is 10.2 Å². The average molecular weight is 245 g/mol. The van der Waals surface area contributed by atoms with Crippen LogP contribution in [0.15, 0.2) is 36.4 Å². The molecule has 2 rings (SSSR count). The summed E-state index contributed by atoms with van der Waals surface area (Å²) in [6.45, 7) is 2.94. The van der Waals surface area contributed by atoms with E-state index < -0.39 is 0 Å². The zero-order valence-electron chi connectivity index (χ0n) is 10.6. The van der Waals surface area contributed by atoms with Crippen LogP contribution in [0.4, 0.5) is 0 Å². The van der Waals surface area contributed by atoms with Gasteiger partial charge in [-0.25, -0.2) is 0 Å². The molecule has 0 aliphatic heterocycles. The van der Waals surface area contributed by atoms with Crippen molar-refractivity contribution in [3.8, 4) is 5.75 Å². The fourth-order valence-corrected chi connectivity index (χ4v) is 2.13. The van der Waals surface area contributed by atoms with Gasteiger partial charge >= 0.3 is 0 Å². The topological polar surface area (TPSA) is 52.5 Å². The molecule has 3 N–H and O–H groups in total. The number of rotatable bonds is 5. The summed E-state index contributed by atoms with van der Waals surface area (Å²) >= 11 is 0. The van der Waals surface area contributed by atoms with E-state index in [1.54, 1.807) is 0 Å². The molecule has 2 aromatic rings. The lowest BCUT2D eigenvalue weighted by molar-refractivity contribution is 0.283. The first-order valence-electron chi connectivity index (χ1n) is 6.29. The number of aliphatic hydroxyl groups excluding tert-OH is 1. The van der Waals surface area contributed by atoms with Crippen molar-refractivity contribution in [3.05, 3.63) is 42.0 Å². The third-order valence-electron chi connectivity index (χ3n) is 3.18. The molecule has 3 heteroatoms. The highest BCUT2D eigenvalue weighted by Crippen LogP contribution is 2.32. The Balaban J connectivity index is 2.25. The van der Waals surface area contributed by atoms with Crippen LogP contribution in [0.2, 0.25) is 0 Å². The molecule has 0 heterocycles. The lowest BCUT2D eigenvalue weighted by Crippen LogP contribution is -2.20. The van der Waals surface area contributed by atoms with E-state index in [1.165, 1.54) is 0 Å². The standard InChI is InChI=1S/C15H19NO2/c1-11(16-9-4-10-17)13-8-7-12-5-2-3-6-14(12)15(13)18/h2-3,5-8,11,16-18H,4,9-10H2,1H3. The molecule has 1 atom stereocenters. The summed E-state index contributed by atoms with van der Waals surface area (Å²) in [5.74, 6) is 0.345. The molecule has 0 amide bonds. The van der Waals surface area contributed by atoms with Gasteiger partial charge in [0.1, 0.15) is 5.75 Å². The Morgan fingerprint density at radius 2 is 1.94 bits per heavy atom. The van der Waals surface area contributed by atoms with Gasteiger partial charge in [-0.05, 0) is 25.3 Å². The van der Waals surface area contributed by atoms with E-state index in [-0.39, 0.29) is 12.6 Å². The summed E-state index contributed by atoms with van der Waals surface area (Å²) in [4.78, 5) is 0. The molecule has 0 saturated heterocycles. The summed E-state index contributed by atoms with van der Waals surface area (Å²) in [6, 6.07) is 11.8. The molecule has 0 saturated carbocycles. The quantitative estimate of drug-likeness (QED) is 0.710. The third kappa shape index (κ3) is 2.63. The number of nitrogens with one attached hydrogen (secondary N) is 1. The maximum atomic E-state index is 10.3. The van der Waals surface area contributed by atoms with Crippen molar-refractivity contribution in [3.63, 3.8) is 0 Å². The normalized spacial score (nSPS) is 12.8. The number of hydrogen-bond donors (Lipinski definition) is 3. The molecule has 1 unspecified atom stereocenters. The Morgan fingerprint density at radius 1 is 1.17 bits per heavy atom. The molecule has 18 heavy (non-hydrogen) atoms. The van der Waals surface area contributed by atoms with E-state index in [4.69, 9.17) is 5.11 Å². The van der Waals surface area contributed by atoms with Gasteiger partial charge in [0.05, 0.1) is 0 Å². The number of aliphatic hydroxyl groups is 1. The Morgan fingerprint density at radius 3 is 2.72 bits per heavy atom. The molecule has 2 aromatic carbocycles. The number of hydrogen-bond acceptors (Lipinski definition) is 3. The molecule has 96 valence electrons. The number of aromatic hydroxyl groups is 1. The second-order valence-corrected chi connectivity index (χ2v) is 4.48. The van der Waals surface area contributed by atoms with Gasteiger partial charge in [-0.15, -0.1) is 0 Å². The minimum absolute atomic E-state index is 0.0705.